The largest absolute Gasteiger partial charge is 0.351 e. The lowest BCUT2D eigenvalue weighted by atomic mass is 10.2. The highest BCUT2D eigenvalue weighted by molar-refractivity contribution is 5.90. The molecule has 4 aromatic rings. The van der Waals surface area contributed by atoms with Crippen LogP contribution in [-0.4, -0.2) is 59.4 Å². The van der Waals surface area contributed by atoms with Crippen molar-refractivity contribution in [1.82, 2.24) is 39.7 Å². The predicted molar refractivity (Wildman–Crippen MR) is 100 cm³/mol. The lowest BCUT2D eigenvalue weighted by Gasteiger charge is -2.17. The minimum atomic E-state index is -0.355. The van der Waals surface area contributed by atoms with Gasteiger partial charge in [-0.1, -0.05) is 0 Å². The van der Waals surface area contributed by atoms with Gasteiger partial charge in [0.2, 0.25) is 11.5 Å². The summed E-state index contributed by atoms with van der Waals surface area (Å²) >= 11 is 0. The molecule has 0 bridgehead atoms. The fourth-order valence-corrected chi connectivity index (χ4v) is 3.37. The Bertz CT molecular complexity index is 1170. The Morgan fingerprint density at radius 3 is 2.90 bits per heavy atom. The van der Waals surface area contributed by atoms with Crippen LogP contribution in [0.3, 0.4) is 0 Å². The van der Waals surface area contributed by atoms with Crippen molar-refractivity contribution in [1.29, 1.82) is 0 Å². The van der Waals surface area contributed by atoms with Crippen molar-refractivity contribution >= 4 is 17.4 Å². The zero-order chi connectivity index (χ0) is 19.8. The van der Waals surface area contributed by atoms with E-state index in [0.29, 0.717) is 17.9 Å². The van der Waals surface area contributed by atoms with Crippen molar-refractivity contribution < 1.29 is 9.18 Å². The molecular weight excluding hydrogens is 377 g/mol. The Balaban J connectivity index is 1.26. The van der Waals surface area contributed by atoms with E-state index < -0.39 is 0 Å². The van der Waals surface area contributed by atoms with Gasteiger partial charge in [-0.05, 0) is 30.7 Å². The first-order valence-corrected chi connectivity index (χ1v) is 9.05. The first-order chi connectivity index (χ1) is 14.2. The average molecular weight is 393 g/mol. The van der Waals surface area contributed by atoms with E-state index in [2.05, 4.69) is 35.5 Å². The van der Waals surface area contributed by atoms with E-state index in [1.807, 2.05) is 0 Å². The molecule has 1 N–H and O–H groups in total. The predicted octanol–water partition coefficient (Wildman–Crippen LogP) is 0.853. The molecule has 146 valence electrons. The molecule has 1 saturated heterocycles. The lowest BCUT2D eigenvalue weighted by molar-refractivity contribution is 0.0930. The van der Waals surface area contributed by atoms with Gasteiger partial charge in [0.05, 0.1) is 5.69 Å². The molecule has 1 atom stereocenters. The maximum absolute atomic E-state index is 13.1. The van der Waals surface area contributed by atoms with Crippen LogP contribution in [-0.2, 0) is 0 Å². The number of nitrogens with one attached hydrogen (secondary N) is 1. The van der Waals surface area contributed by atoms with Crippen LogP contribution in [0, 0.1) is 5.82 Å². The number of hydrogen-bond acceptors (Lipinski definition) is 7. The molecular formula is C18H16FN9O. The second-order valence-corrected chi connectivity index (χ2v) is 6.71. The molecule has 1 unspecified atom stereocenters. The third kappa shape index (κ3) is 3.26. The minimum absolute atomic E-state index is 0.0606. The van der Waals surface area contributed by atoms with Crippen molar-refractivity contribution in [3.05, 3.63) is 61.0 Å². The number of carbonyl (C=O) groups excluding carboxylic acids is 1. The van der Waals surface area contributed by atoms with Crippen LogP contribution in [0.15, 0.2) is 49.3 Å². The molecule has 1 fully saturated rings. The van der Waals surface area contributed by atoms with Crippen molar-refractivity contribution in [3.63, 3.8) is 0 Å². The van der Waals surface area contributed by atoms with E-state index in [4.69, 9.17) is 0 Å². The molecule has 3 aromatic heterocycles. The normalized spacial score (nSPS) is 16.4. The Morgan fingerprint density at radius 2 is 2.03 bits per heavy atom. The number of benzene rings is 1. The fraction of sp³-hybridized carbons (Fsp3) is 0.222. The number of hydrogen-bond donors (Lipinski definition) is 1. The van der Waals surface area contributed by atoms with Gasteiger partial charge < -0.3 is 10.2 Å². The highest BCUT2D eigenvalue weighted by Gasteiger charge is 2.28. The Morgan fingerprint density at radius 1 is 1.17 bits per heavy atom. The van der Waals surface area contributed by atoms with Gasteiger partial charge >= 0.3 is 0 Å². The Hall–Kier alpha value is -3.89. The number of fused-ring (bicyclic) bond motifs is 1. The van der Waals surface area contributed by atoms with Crippen LogP contribution in [0.25, 0.3) is 11.3 Å². The average Bonchev–Trinajstić information content (AvgIpc) is 3.48. The summed E-state index contributed by atoms with van der Waals surface area (Å²) in [6, 6.07) is 5.73. The third-order valence-corrected chi connectivity index (χ3v) is 4.81. The number of aromatic nitrogens is 7. The molecule has 11 heteroatoms. The van der Waals surface area contributed by atoms with Crippen molar-refractivity contribution in [2.24, 2.45) is 0 Å². The summed E-state index contributed by atoms with van der Waals surface area (Å²) in [4.78, 5) is 23.1. The molecule has 0 radical (unpaired) electrons. The van der Waals surface area contributed by atoms with Crippen LogP contribution in [0.2, 0.25) is 0 Å². The smallest absolute Gasteiger partial charge is 0.291 e. The van der Waals surface area contributed by atoms with Gasteiger partial charge in [-0.15, -0.1) is 15.3 Å². The van der Waals surface area contributed by atoms with Crippen LogP contribution in [0.4, 0.5) is 10.2 Å². The van der Waals surface area contributed by atoms with E-state index in [1.54, 1.807) is 35.3 Å². The Labute approximate surface area is 164 Å². The molecule has 10 nitrogen and oxygen atoms in total. The maximum atomic E-state index is 13.1. The van der Waals surface area contributed by atoms with E-state index >= 15 is 0 Å². The molecule has 0 saturated carbocycles. The monoisotopic (exact) mass is 393 g/mol. The van der Waals surface area contributed by atoms with Gasteiger partial charge in [-0.3, -0.25) is 9.20 Å². The number of amides is 1. The fourth-order valence-electron chi connectivity index (χ4n) is 3.37. The van der Waals surface area contributed by atoms with Crippen LogP contribution in [0.5, 0.6) is 0 Å². The summed E-state index contributed by atoms with van der Waals surface area (Å²) in [5.74, 6) is 0.103. The number of nitrogens with zero attached hydrogens (tertiary/aromatic N) is 8. The molecule has 29 heavy (non-hydrogen) atoms. The van der Waals surface area contributed by atoms with E-state index in [9.17, 15) is 9.18 Å². The summed E-state index contributed by atoms with van der Waals surface area (Å²) in [6.07, 6.45) is 7.31. The minimum Gasteiger partial charge on any atom is -0.351 e. The van der Waals surface area contributed by atoms with Crippen LogP contribution >= 0.6 is 0 Å². The summed E-state index contributed by atoms with van der Waals surface area (Å²) in [5, 5.41) is 15.2. The second kappa shape index (κ2) is 6.93. The first kappa shape index (κ1) is 17.2. The molecule has 5 rings (SSSR count). The van der Waals surface area contributed by atoms with Gasteiger partial charge in [0, 0.05) is 31.5 Å². The van der Waals surface area contributed by atoms with Gasteiger partial charge in [0.1, 0.15) is 18.5 Å². The molecule has 1 aliphatic heterocycles. The summed E-state index contributed by atoms with van der Waals surface area (Å²) in [7, 11) is 0. The number of halogens is 1. The zero-order valence-corrected chi connectivity index (χ0v) is 15.2. The van der Waals surface area contributed by atoms with Crippen molar-refractivity contribution in [3.8, 4) is 5.69 Å². The van der Waals surface area contributed by atoms with E-state index in [1.165, 1.54) is 23.1 Å². The summed E-state index contributed by atoms with van der Waals surface area (Å²) in [5.41, 5.74) is 1.30. The van der Waals surface area contributed by atoms with Crippen LogP contribution in [0.1, 0.15) is 17.0 Å². The van der Waals surface area contributed by atoms with Gasteiger partial charge in [0.15, 0.2) is 5.82 Å². The topological polar surface area (TPSA) is 106 Å². The SMILES string of the molecule is O=C(NC1CCN(c2nccn3cnnc23)C1)c1ncn(-c2ccc(F)cc2)n1. The summed E-state index contributed by atoms with van der Waals surface area (Å²) < 4.78 is 16.3. The highest BCUT2D eigenvalue weighted by atomic mass is 19.1. The number of carbonyl (C=O) groups is 1. The Kier molecular flexibility index (Phi) is 4.12. The standard InChI is InChI=1S/C18H16FN9O/c19-12-1-3-14(4-2-12)28-10-21-15(25-28)18(29)23-13-5-7-26(9-13)16-17-24-22-11-27(17)8-6-20-16/h1-4,6,8,10-11,13H,5,7,9H2,(H,23,29). The number of anilines is 1. The summed E-state index contributed by atoms with van der Waals surface area (Å²) in [6.45, 7) is 1.34. The van der Waals surface area contributed by atoms with Crippen LogP contribution < -0.4 is 10.2 Å². The molecule has 4 heterocycles. The van der Waals surface area contributed by atoms with Gasteiger partial charge in [-0.2, -0.15) is 0 Å². The second-order valence-electron chi connectivity index (χ2n) is 6.71. The van der Waals surface area contributed by atoms with E-state index in [-0.39, 0.29) is 23.6 Å². The molecule has 0 aliphatic carbocycles. The zero-order valence-electron chi connectivity index (χ0n) is 15.2. The molecule has 0 spiro atoms. The maximum Gasteiger partial charge on any atom is 0.291 e. The lowest BCUT2D eigenvalue weighted by Crippen LogP contribution is -2.37. The first-order valence-electron chi connectivity index (χ1n) is 9.05. The molecule has 1 aromatic carbocycles. The molecule has 1 amide bonds. The highest BCUT2D eigenvalue weighted by Crippen LogP contribution is 2.21. The van der Waals surface area contributed by atoms with Crippen molar-refractivity contribution in [2.75, 3.05) is 18.0 Å². The quantitative estimate of drug-likeness (QED) is 0.548. The van der Waals surface area contributed by atoms with Crippen molar-refractivity contribution in [2.45, 2.75) is 12.5 Å². The third-order valence-electron chi connectivity index (χ3n) is 4.81. The number of rotatable bonds is 4. The van der Waals surface area contributed by atoms with E-state index in [0.717, 1.165) is 18.8 Å². The van der Waals surface area contributed by atoms with Gasteiger partial charge in [-0.25, -0.2) is 19.0 Å². The van der Waals surface area contributed by atoms with Gasteiger partial charge in [0.25, 0.3) is 5.91 Å². The molecule has 1 aliphatic rings.